The lowest BCUT2D eigenvalue weighted by Crippen LogP contribution is -2.29. The highest BCUT2D eigenvalue weighted by molar-refractivity contribution is 7.89. The molecule has 1 N–H and O–H groups in total. The van der Waals surface area contributed by atoms with Crippen LogP contribution in [-0.4, -0.2) is 20.5 Å². The molecule has 0 aromatic heterocycles. The van der Waals surface area contributed by atoms with Crippen LogP contribution in [0.1, 0.15) is 36.1 Å². The monoisotopic (exact) mass is 378 g/mol. The van der Waals surface area contributed by atoms with Gasteiger partial charge in [0.25, 0.3) is 5.69 Å². The molecule has 0 aliphatic heterocycles. The van der Waals surface area contributed by atoms with E-state index in [1.165, 1.54) is 12.1 Å². The number of benzene rings is 2. The molecule has 0 saturated carbocycles. The molecule has 26 heavy (non-hydrogen) atoms. The minimum Gasteiger partial charge on any atom is -0.496 e. The van der Waals surface area contributed by atoms with E-state index in [0.29, 0.717) is 12.0 Å². The molecule has 0 bridgehead atoms. The van der Waals surface area contributed by atoms with Crippen molar-refractivity contribution < 1.29 is 18.1 Å². The number of nitro groups is 1. The van der Waals surface area contributed by atoms with Crippen LogP contribution in [0.5, 0.6) is 5.75 Å². The van der Waals surface area contributed by atoms with Crippen LogP contribution in [0.15, 0.2) is 41.3 Å². The fourth-order valence-electron chi connectivity index (χ4n) is 2.75. The van der Waals surface area contributed by atoms with E-state index in [4.69, 9.17) is 4.74 Å². The van der Waals surface area contributed by atoms with E-state index < -0.39 is 21.0 Å². The van der Waals surface area contributed by atoms with Crippen molar-refractivity contribution in [1.29, 1.82) is 0 Å². The molecule has 2 rings (SSSR count). The third-order valence-electron chi connectivity index (χ3n) is 4.20. The van der Waals surface area contributed by atoms with Gasteiger partial charge in [-0.3, -0.25) is 10.1 Å². The van der Waals surface area contributed by atoms with Crippen molar-refractivity contribution >= 4 is 15.7 Å². The van der Waals surface area contributed by atoms with Crippen LogP contribution in [0.3, 0.4) is 0 Å². The van der Waals surface area contributed by atoms with Crippen molar-refractivity contribution in [2.75, 3.05) is 7.11 Å². The highest BCUT2D eigenvalue weighted by Gasteiger charge is 2.24. The van der Waals surface area contributed by atoms with Crippen LogP contribution in [0, 0.1) is 24.0 Å². The predicted octanol–water partition coefficient (Wildman–Crippen LogP) is 3.65. The Morgan fingerprint density at radius 3 is 2.38 bits per heavy atom. The van der Waals surface area contributed by atoms with Crippen LogP contribution < -0.4 is 9.46 Å². The third-order valence-corrected chi connectivity index (χ3v) is 5.81. The van der Waals surface area contributed by atoms with Crippen LogP contribution in [0.2, 0.25) is 0 Å². The van der Waals surface area contributed by atoms with Crippen LogP contribution >= 0.6 is 0 Å². The average molecular weight is 378 g/mol. The molecular formula is C18H22N2O5S. The van der Waals surface area contributed by atoms with E-state index in [9.17, 15) is 18.5 Å². The first-order valence-corrected chi connectivity index (χ1v) is 9.59. The van der Waals surface area contributed by atoms with Gasteiger partial charge in [0, 0.05) is 18.2 Å². The molecule has 0 heterocycles. The van der Waals surface area contributed by atoms with Crippen LogP contribution in [0.25, 0.3) is 0 Å². The van der Waals surface area contributed by atoms with Crippen molar-refractivity contribution in [2.45, 2.75) is 38.1 Å². The van der Waals surface area contributed by atoms with E-state index in [2.05, 4.69) is 4.72 Å². The predicted molar refractivity (Wildman–Crippen MR) is 98.9 cm³/mol. The van der Waals surface area contributed by atoms with Crippen LogP contribution in [-0.2, 0) is 10.0 Å². The second kappa shape index (κ2) is 7.84. The van der Waals surface area contributed by atoms with Gasteiger partial charge in [0.2, 0.25) is 10.0 Å². The molecule has 2 aromatic carbocycles. The van der Waals surface area contributed by atoms with Crippen LogP contribution in [0.4, 0.5) is 5.69 Å². The molecular weight excluding hydrogens is 356 g/mol. The summed E-state index contributed by atoms with van der Waals surface area (Å²) in [4.78, 5) is 10.3. The average Bonchev–Trinajstić information content (AvgIpc) is 2.59. The Kier molecular flexibility index (Phi) is 5.99. The molecule has 2 aromatic rings. The largest absolute Gasteiger partial charge is 0.496 e. The minimum atomic E-state index is -3.92. The van der Waals surface area contributed by atoms with Gasteiger partial charge in [0.05, 0.1) is 16.9 Å². The summed E-state index contributed by atoms with van der Waals surface area (Å²) in [6, 6.07) is 8.83. The Balaban J connectivity index is 2.39. The zero-order chi connectivity index (χ0) is 19.5. The first-order chi connectivity index (χ1) is 12.2. The standard InChI is InChI=1S/C18H22N2O5S/c1-5-16(14-7-9-17(25-4)13(3)10-14)19-26(23,24)18-11-15(20(21)22)8-6-12(18)2/h6-11,16,19H,5H2,1-4H3/t16-/m0/s1. The normalized spacial score (nSPS) is 12.6. The van der Waals surface area contributed by atoms with Gasteiger partial charge in [0.15, 0.2) is 0 Å². The van der Waals surface area contributed by atoms with Gasteiger partial charge in [0.1, 0.15) is 5.75 Å². The number of rotatable bonds is 7. The van der Waals surface area contributed by atoms with Crippen molar-refractivity contribution in [1.82, 2.24) is 4.72 Å². The topological polar surface area (TPSA) is 98.5 Å². The maximum Gasteiger partial charge on any atom is 0.270 e. The lowest BCUT2D eigenvalue weighted by molar-refractivity contribution is -0.385. The lowest BCUT2D eigenvalue weighted by Gasteiger charge is -2.19. The Bertz CT molecular complexity index is 925. The molecule has 7 nitrogen and oxygen atoms in total. The summed E-state index contributed by atoms with van der Waals surface area (Å²) >= 11 is 0. The van der Waals surface area contributed by atoms with Gasteiger partial charge in [-0.2, -0.15) is 0 Å². The summed E-state index contributed by atoms with van der Waals surface area (Å²) in [5, 5.41) is 11.0. The number of nitrogens with zero attached hydrogens (tertiary/aromatic N) is 1. The highest BCUT2D eigenvalue weighted by Crippen LogP contribution is 2.27. The number of hydrogen-bond donors (Lipinski definition) is 1. The maximum atomic E-state index is 12.8. The minimum absolute atomic E-state index is 0.0876. The summed E-state index contributed by atoms with van der Waals surface area (Å²) in [5.41, 5.74) is 1.89. The summed E-state index contributed by atoms with van der Waals surface area (Å²) in [7, 11) is -2.34. The fourth-order valence-corrected chi connectivity index (χ4v) is 4.32. The molecule has 0 saturated heterocycles. The smallest absolute Gasteiger partial charge is 0.270 e. The first-order valence-electron chi connectivity index (χ1n) is 8.11. The van der Waals surface area contributed by atoms with E-state index in [-0.39, 0.29) is 10.6 Å². The van der Waals surface area contributed by atoms with Gasteiger partial charge < -0.3 is 4.74 Å². The zero-order valence-electron chi connectivity index (χ0n) is 15.1. The number of sulfonamides is 1. The quantitative estimate of drug-likeness (QED) is 0.586. The second-order valence-electron chi connectivity index (χ2n) is 6.02. The summed E-state index contributed by atoms with van der Waals surface area (Å²) < 4.78 is 33.5. The Labute approximate surface area is 153 Å². The number of aryl methyl sites for hydroxylation is 2. The van der Waals surface area contributed by atoms with E-state index >= 15 is 0 Å². The molecule has 0 aliphatic carbocycles. The van der Waals surface area contributed by atoms with Crippen molar-refractivity contribution in [3.63, 3.8) is 0 Å². The molecule has 0 fully saturated rings. The number of non-ortho nitro benzene ring substituents is 1. The van der Waals surface area contributed by atoms with Crippen molar-refractivity contribution in [3.8, 4) is 5.75 Å². The van der Waals surface area contributed by atoms with Gasteiger partial charge >= 0.3 is 0 Å². The summed E-state index contributed by atoms with van der Waals surface area (Å²) in [5.74, 6) is 0.723. The van der Waals surface area contributed by atoms with Crippen molar-refractivity contribution in [3.05, 3.63) is 63.2 Å². The van der Waals surface area contributed by atoms with Gasteiger partial charge in [-0.05, 0) is 43.0 Å². The molecule has 0 amide bonds. The van der Waals surface area contributed by atoms with Gasteiger partial charge in [-0.1, -0.05) is 25.1 Å². The Morgan fingerprint density at radius 1 is 1.15 bits per heavy atom. The molecule has 8 heteroatoms. The fraction of sp³-hybridized carbons (Fsp3) is 0.333. The van der Waals surface area contributed by atoms with Crippen molar-refractivity contribution in [2.24, 2.45) is 0 Å². The SMILES string of the molecule is CC[C@H](NS(=O)(=O)c1cc([N+](=O)[O-])ccc1C)c1ccc(OC)c(C)c1. The number of ether oxygens (including phenoxy) is 1. The Morgan fingerprint density at radius 2 is 1.85 bits per heavy atom. The molecule has 0 spiro atoms. The molecule has 0 radical (unpaired) electrons. The number of hydrogen-bond acceptors (Lipinski definition) is 5. The van der Waals surface area contributed by atoms with E-state index in [0.717, 1.165) is 22.9 Å². The molecule has 140 valence electrons. The molecule has 0 aliphatic rings. The maximum absolute atomic E-state index is 12.8. The number of nitro benzene ring substituents is 1. The molecule has 1 atom stereocenters. The summed E-state index contributed by atoms with van der Waals surface area (Å²) in [6.07, 6.45) is 0.527. The number of methoxy groups -OCH3 is 1. The van der Waals surface area contributed by atoms with Gasteiger partial charge in [-0.15, -0.1) is 0 Å². The third kappa shape index (κ3) is 4.20. The van der Waals surface area contributed by atoms with Gasteiger partial charge in [-0.25, -0.2) is 13.1 Å². The lowest BCUT2D eigenvalue weighted by atomic mass is 10.0. The summed E-state index contributed by atoms with van der Waals surface area (Å²) in [6.45, 7) is 5.36. The highest BCUT2D eigenvalue weighted by atomic mass is 32.2. The first kappa shape index (κ1) is 19.9. The zero-order valence-corrected chi connectivity index (χ0v) is 16.0. The Hall–Kier alpha value is -2.45. The molecule has 0 unspecified atom stereocenters. The van der Waals surface area contributed by atoms with E-state index in [1.54, 1.807) is 20.1 Å². The van der Waals surface area contributed by atoms with E-state index in [1.807, 2.05) is 26.0 Å². The second-order valence-corrected chi connectivity index (χ2v) is 7.70. The number of nitrogens with one attached hydrogen (secondary N) is 1.